The summed E-state index contributed by atoms with van der Waals surface area (Å²) in [5.41, 5.74) is 1.53. The molecule has 6 heteroatoms. The smallest absolute Gasteiger partial charge is 0.252 e. The first-order valence-corrected chi connectivity index (χ1v) is 7.79. The summed E-state index contributed by atoms with van der Waals surface area (Å²) in [6, 6.07) is 5.39. The summed E-state index contributed by atoms with van der Waals surface area (Å²) in [5, 5.41) is 2.90. The van der Waals surface area contributed by atoms with Gasteiger partial charge in [-0.15, -0.1) is 0 Å². The van der Waals surface area contributed by atoms with Gasteiger partial charge in [0.05, 0.1) is 19.8 Å². The Morgan fingerprint density at radius 1 is 1.18 bits per heavy atom. The quantitative estimate of drug-likeness (QED) is 0.761. The van der Waals surface area contributed by atoms with Crippen LogP contribution in [0.25, 0.3) is 0 Å². The van der Waals surface area contributed by atoms with Crippen LogP contribution in [0.5, 0.6) is 11.5 Å². The van der Waals surface area contributed by atoms with E-state index in [1.165, 1.54) is 0 Å². The zero-order valence-corrected chi connectivity index (χ0v) is 15.1. The van der Waals surface area contributed by atoms with E-state index in [9.17, 15) is 4.79 Å². The van der Waals surface area contributed by atoms with Gasteiger partial charge in [-0.25, -0.2) is 0 Å². The molecule has 0 aliphatic carbocycles. The molecule has 1 aromatic carbocycles. The van der Waals surface area contributed by atoms with Crippen molar-refractivity contribution in [2.75, 3.05) is 14.2 Å². The van der Waals surface area contributed by atoms with Crippen LogP contribution < -0.4 is 14.8 Å². The molecule has 0 saturated carbocycles. The highest BCUT2D eigenvalue weighted by molar-refractivity contribution is 14.1. The Hall–Kier alpha value is -1.70. The average molecular weight is 415 g/mol. The fraction of sp³-hybridized carbons (Fsp3) is 0.312. The van der Waals surface area contributed by atoms with E-state index in [4.69, 9.17) is 13.9 Å². The van der Waals surface area contributed by atoms with Crippen LogP contribution in [0.15, 0.2) is 22.6 Å². The molecule has 118 valence electrons. The van der Waals surface area contributed by atoms with Gasteiger partial charge < -0.3 is 19.2 Å². The molecule has 1 aromatic heterocycles. The number of aryl methyl sites for hydroxylation is 2. The Kier molecular flexibility index (Phi) is 5.33. The Morgan fingerprint density at radius 3 is 2.36 bits per heavy atom. The van der Waals surface area contributed by atoms with Crippen molar-refractivity contribution in [3.05, 3.63) is 44.4 Å². The third kappa shape index (κ3) is 3.55. The van der Waals surface area contributed by atoms with Crippen molar-refractivity contribution in [3.63, 3.8) is 0 Å². The maximum absolute atomic E-state index is 12.4. The maximum atomic E-state index is 12.4. The van der Waals surface area contributed by atoms with Gasteiger partial charge in [-0.05, 0) is 54.6 Å². The van der Waals surface area contributed by atoms with Crippen molar-refractivity contribution < 1.29 is 18.7 Å². The van der Waals surface area contributed by atoms with E-state index in [0.29, 0.717) is 23.6 Å². The summed E-state index contributed by atoms with van der Waals surface area (Å²) in [7, 11) is 3.11. The molecule has 0 radical (unpaired) electrons. The molecule has 1 amide bonds. The van der Waals surface area contributed by atoms with Crippen LogP contribution in [0.2, 0.25) is 0 Å². The summed E-state index contributed by atoms with van der Waals surface area (Å²) in [6.45, 7) is 4.19. The average Bonchev–Trinajstić information content (AvgIpc) is 2.82. The lowest BCUT2D eigenvalue weighted by molar-refractivity contribution is 0.0949. The van der Waals surface area contributed by atoms with Gasteiger partial charge in [0.25, 0.3) is 5.91 Å². The standard InChI is InChI=1S/C16H18INO4/c1-9-5-11(10(2)22-9)8-18-16(19)12-6-14(20-3)15(21-4)7-13(12)17/h5-7H,8H2,1-4H3,(H,18,19). The Balaban J connectivity index is 2.17. The number of carbonyl (C=O) groups is 1. The van der Waals surface area contributed by atoms with E-state index < -0.39 is 0 Å². The Bertz CT molecular complexity index is 694. The minimum atomic E-state index is -0.163. The van der Waals surface area contributed by atoms with Gasteiger partial charge in [0.15, 0.2) is 11.5 Å². The molecule has 0 fully saturated rings. The van der Waals surface area contributed by atoms with Gasteiger partial charge in [-0.3, -0.25) is 4.79 Å². The zero-order valence-electron chi connectivity index (χ0n) is 13.0. The second kappa shape index (κ2) is 7.04. The zero-order chi connectivity index (χ0) is 16.3. The molecule has 0 spiro atoms. The number of hydrogen-bond donors (Lipinski definition) is 1. The summed E-state index contributed by atoms with van der Waals surface area (Å²) in [6.07, 6.45) is 0. The molecule has 0 unspecified atom stereocenters. The van der Waals surface area contributed by atoms with Crippen LogP contribution in [-0.2, 0) is 6.54 Å². The summed E-state index contributed by atoms with van der Waals surface area (Å²) < 4.78 is 16.7. The number of ether oxygens (including phenoxy) is 2. The van der Waals surface area contributed by atoms with E-state index in [0.717, 1.165) is 20.7 Å². The van der Waals surface area contributed by atoms with Crippen molar-refractivity contribution >= 4 is 28.5 Å². The fourth-order valence-corrected chi connectivity index (χ4v) is 2.84. The molecular weight excluding hydrogens is 397 g/mol. The van der Waals surface area contributed by atoms with Gasteiger partial charge in [-0.2, -0.15) is 0 Å². The third-order valence-corrected chi connectivity index (χ3v) is 4.19. The number of hydrogen-bond acceptors (Lipinski definition) is 4. The van der Waals surface area contributed by atoms with Crippen LogP contribution in [0.4, 0.5) is 0 Å². The monoisotopic (exact) mass is 415 g/mol. The number of furan rings is 1. The summed E-state index contributed by atoms with van der Waals surface area (Å²) >= 11 is 2.11. The Morgan fingerprint density at radius 2 is 1.82 bits per heavy atom. The molecule has 5 nitrogen and oxygen atoms in total. The number of carbonyl (C=O) groups excluding carboxylic acids is 1. The van der Waals surface area contributed by atoms with Gasteiger partial charge in [0, 0.05) is 15.7 Å². The molecule has 1 heterocycles. The predicted octanol–water partition coefficient (Wildman–Crippen LogP) is 3.45. The van der Waals surface area contributed by atoms with Gasteiger partial charge in [-0.1, -0.05) is 0 Å². The van der Waals surface area contributed by atoms with Crippen molar-refractivity contribution in [3.8, 4) is 11.5 Å². The third-order valence-electron chi connectivity index (χ3n) is 3.30. The van der Waals surface area contributed by atoms with E-state index in [1.54, 1.807) is 26.4 Å². The van der Waals surface area contributed by atoms with Gasteiger partial charge in [0.2, 0.25) is 0 Å². The molecule has 0 atom stereocenters. The van der Waals surface area contributed by atoms with Crippen molar-refractivity contribution in [2.45, 2.75) is 20.4 Å². The number of halogens is 1. The first-order chi connectivity index (χ1) is 10.5. The van der Waals surface area contributed by atoms with Crippen molar-refractivity contribution in [1.29, 1.82) is 0 Å². The Labute approximate surface area is 143 Å². The fourth-order valence-electron chi connectivity index (χ4n) is 2.16. The molecule has 2 aromatic rings. The molecule has 0 aliphatic rings. The number of benzene rings is 1. The van der Waals surface area contributed by atoms with Crippen LogP contribution >= 0.6 is 22.6 Å². The molecule has 22 heavy (non-hydrogen) atoms. The van der Waals surface area contributed by atoms with Gasteiger partial charge in [0.1, 0.15) is 11.5 Å². The van der Waals surface area contributed by atoms with E-state index in [-0.39, 0.29) is 5.91 Å². The minimum Gasteiger partial charge on any atom is -0.493 e. The minimum absolute atomic E-state index is 0.163. The van der Waals surface area contributed by atoms with E-state index in [1.807, 2.05) is 19.9 Å². The molecule has 0 aliphatic heterocycles. The van der Waals surface area contributed by atoms with Crippen LogP contribution in [0.3, 0.4) is 0 Å². The molecule has 0 bridgehead atoms. The first-order valence-electron chi connectivity index (χ1n) is 6.72. The molecule has 1 N–H and O–H groups in total. The second-order valence-electron chi connectivity index (χ2n) is 4.81. The maximum Gasteiger partial charge on any atom is 0.252 e. The highest BCUT2D eigenvalue weighted by Gasteiger charge is 2.16. The highest BCUT2D eigenvalue weighted by Crippen LogP contribution is 2.31. The molecule has 2 rings (SSSR count). The number of nitrogens with one attached hydrogen (secondary N) is 1. The topological polar surface area (TPSA) is 60.7 Å². The van der Waals surface area contributed by atoms with Crippen LogP contribution in [0, 0.1) is 17.4 Å². The van der Waals surface area contributed by atoms with Crippen LogP contribution in [-0.4, -0.2) is 20.1 Å². The highest BCUT2D eigenvalue weighted by atomic mass is 127. The van der Waals surface area contributed by atoms with Gasteiger partial charge >= 0.3 is 0 Å². The predicted molar refractivity (Wildman–Crippen MR) is 91.6 cm³/mol. The van der Waals surface area contributed by atoms with Crippen molar-refractivity contribution in [1.82, 2.24) is 5.32 Å². The van der Waals surface area contributed by atoms with E-state index in [2.05, 4.69) is 27.9 Å². The lowest BCUT2D eigenvalue weighted by Gasteiger charge is -2.12. The largest absolute Gasteiger partial charge is 0.493 e. The lowest BCUT2D eigenvalue weighted by Crippen LogP contribution is -2.24. The summed E-state index contributed by atoms with van der Waals surface area (Å²) in [4.78, 5) is 12.4. The van der Waals surface area contributed by atoms with Crippen LogP contribution in [0.1, 0.15) is 27.4 Å². The molecule has 0 saturated heterocycles. The second-order valence-corrected chi connectivity index (χ2v) is 5.97. The molecular formula is C16H18INO4. The number of methoxy groups -OCH3 is 2. The SMILES string of the molecule is COc1cc(I)c(C(=O)NCc2cc(C)oc2C)cc1OC. The number of rotatable bonds is 5. The first kappa shape index (κ1) is 16.7. The van der Waals surface area contributed by atoms with Crippen molar-refractivity contribution in [2.24, 2.45) is 0 Å². The number of amides is 1. The van der Waals surface area contributed by atoms with E-state index >= 15 is 0 Å². The summed E-state index contributed by atoms with van der Waals surface area (Å²) in [5.74, 6) is 2.62. The normalized spacial score (nSPS) is 10.4. The lowest BCUT2D eigenvalue weighted by atomic mass is 10.1.